The number of hydrogen-bond donors (Lipinski definition) is 2. The van der Waals surface area contributed by atoms with Gasteiger partial charge in [0.25, 0.3) is 0 Å². The van der Waals surface area contributed by atoms with E-state index < -0.39 is 29.1 Å². The summed E-state index contributed by atoms with van der Waals surface area (Å²) >= 11 is 0. The SMILES string of the molecule is N[C@H](CCCO)c1c(F)ccc(F)c1F. The molecule has 0 saturated heterocycles. The quantitative estimate of drug-likeness (QED) is 0.759. The Balaban J connectivity index is 2.96. The van der Waals surface area contributed by atoms with Crippen LogP contribution in [0, 0.1) is 17.5 Å². The molecule has 0 spiro atoms. The molecule has 0 saturated carbocycles. The van der Waals surface area contributed by atoms with Crippen LogP contribution in [0.3, 0.4) is 0 Å². The highest BCUT2D eigenvalue weighted by Crippen LogP contribution is 2.24. The molecule has 2 nitrogen and oxygen atoms in total. The molecule has 5 heteroatoms. The summed E-state index contributed by atoms with van der Waals surface area (Å²) in [4.78, 5) is 0. The summed E-state index contributed by atoms with van der Waals surface area (Å²) in [5, 5.41) is 8.54. The van der Waals surface area contributed by atoms with Gasteiger partial charge in [0.05, 0.1) is 0 Å². The second-order valence-corrected chi connectivity index (χ2v) is 3.23. The van der Waals surface area contributed by atoms with Crippen LogP contribution in [0.4, 0.5) is 13.2 Å². The largest absolute Gasteiger partial charge is 0.396 e. The van der Waals surface area contributed by atoms with Crippen molar-refractivity contribution < 1.29 is 18.3 Å². The Morgan fingerprint density at radius 1 is 1.20 bits per heavy atom. The molecule has 1 atom stereocenters. The van der Waals surface area contributed by atoms with Gasteiger partial charge in [-0.25, -0.2) is 13.2 Å². The molecule has 1 aromatic rings. The van der Waals surface area contributed by atoms with Gasteiger partial charge in [0.2, 0.25) is 0 Å². The fourth-order valence-electron chi connectivity index (χ4n) is 1.34. The van der Waals surface area contributed by atoms with E-state index in [4.69, 9.17) is 10.8 Å². The van der Waals surface area contributed by atoms with E-state index >= 15 is 0 Å². The van der Waals surface area contributed by atoms with Crippen LogP contribution in [-0.2, 0) is 0 Å². The zero-order valence-corrected chi connectivity index (χ0v) is 8.01. The third-order valence-electron chi connectivity index (χ3n) is 2.12. The number of halogens is 3. The van der Waals surface area contributed by atoms with E-state index in [0.717, 1.165) is 6.07 Å². The average Bonchev–Trinajstić information content (AvgIpc) is 2.21. The summed E-state index contributed by atoms with van der Waals surface area (Å²) in [6.07, 6.45) is 0.518. The van der Waals surface area contributed by atoms with Crippen LogP contribution in [-0.4, -0.2) is 11.7 Å². The third-order valence-corrected chi connectivity index (χ3v) is 2.12. The Morgan fingerprint density at radius 2 is 1.80 bits per heavy atom. The number of hydrogen-bond acceptors (Lipinski definition) is 2. The minimum absolute atomic E-state index is 0.119. The molecule has 1 aromatic carbocycles. The van der Waals surface area contributed by atoms with E-state index in [1.165, 1.54) is 0 Å². The first-order valence-corrected chi connectivity index (χ1v) is 4.57. The first-order chi connectivity index (χ1) is 7.07. The number of benzene rings is 1. The Bertz CT molecular complexity index is 344. The highest BCUT2D eigenvalue weighted by molar-refractivity contribution is 5.24. The molecular formula is C10H12F3NO. The van der Waals surface area contributed by atoms with Gasteiger partial charge in [0, 0.05) is 18.2 Å². The zero-order valence-electron chi connectivity index (χ0n) is 8.01. The summed E-state index contributed by atoms with van der Waals surface area (Å²) in [6, 6.07) is 0.618. The predicted molar refractivity (Wildman–Crippen MR) is 49.6 cm³/mol. The lowest BCUT2D eigenvalue weighted by Crippen LogP contribution is -2.15. The summed E-state index contributed by atoms with van der Waals surface area (Å²) in [7, 11) is 0. The molecule has 0 aliphatic carbocycles. The topological polar surface area (TPSA) is 46.2 Å². The van der Waals surface area contributed by atoms with Crippen molar-refractivity contribution in [1.82, 2.24) is 0 Å². The molecule has 0 aliphatic heterocycles. The van der Waals surface area contributed by atoms with Crippen molar-refractivity contribution in [2.45, 2.75) is 18.9 Å². The predicted octanol–water partition coefficient (Wildman–Crippen LogP) is 1.88. The van der Waals surface area contributed by atoms with Crippen molar-refractivity contribution in [2.75, 3.05) is 6.61 Å². The van der Waals surface area contributed by atoms with Gasteiger partial charge in [-0.3, -0.25) is 0 Å². The highest BCUT2D eigenvalue weighted by atomic mass is 19.2. The van der Waals surface area contributed by atoms with Crippen molar-refractivity contribution in [3.05, 3.63) is 35.1 Å². The lowest BCUT2D eigenvalue weighted by Gasteiger charge is -2.13. The number of nitrogens with two attached hydrogens (primary N) is 1. The Morgan fingerprint density at radius 3 is 2.40 bits per heavy atom. The van der Waals surface area contributed by atoms with Gasteiger partial charge in [-0.2, -0.15) is 0 Å². The number of aliphatic hydroxyl groups is 1. The Labute approximate surface area is 85.5 Å². The lowest BCUT2D eigenvalue weighted by molar-refractivity contribution is 0.278. The normalized spacial score (nSPS) is 12.9. The van der Waals surface area contributed by atoms with Gasteiger partial charge in [-0.05, 0) is 25.0 Å². The smallest absolute Gasteiger partial charge is 0.166 e. The molecule has 0 unspecified atom stereocenters. The molecule has 0 heterocycles. The molecular weight excluding hydrogens is 207 g/mol. The van der Waals surface area contributed by atoms with Crippen LogP contribution in [0.1, 0.15) is 24.4 Å². The molecule has 15 heavy (non-hydrogen) atoms. The summed E-state index contributed by atoms with van der Waals surface area (Å²) in [6.45, 7) is -0.119. The monoisotopic (exact) mass is 219 g/mol. The third kappa shape index (κ3) is 2.70. The molecule has 3 N–H and O–H groups in total. The van der Waals surface area contributed by atoms with Crippen LogP contribution in [0.5, 0.6) is 0 Å². The molecule has 0 amide bonds. The maximum atomic E-state index is 13.2. The molecule has 0 bridgehead atoms. The van der Waals surface area contributed by atoms with Crippen molar-refractivity contribution in [3.63, 3.8) is 0 Å². The van der Waals surface area contributed by atoms with Crippen molar-refractivity contribution in [3.8, 4) is 0 Å². The fourth-order valence-corrected chi connectivity index (χ4v) is 1.34. The summed E-state index contributed by atoms with van der Waals surface area (Å²) in [5.74, 6) is -3.23. The van der Waals surface area contributed by atoms with E-state index in [1.807, 2.05) is 0 Å². The van der Waals surface area contributed by atoms with Crippen LogP contribution in [0.25, 0.3) is 0 Å². The van der Waals surface area contributed by atoms with Gasteiger partial charge in [-0.1, -0.05) is 0 Å². The first kappa shape index (κ1) is 12.0. The Kier molecular flexibility index (Phi) is 4.11. The van der Waals surface area contributed by atoms with Crippen LogP contribution >= 0.6 is 0 Å². The number of aliphatic hydroxyl groups excluding tert-OH is 1. The van der Waals surface area contributed by atoms with E-state index in [2.05, 4.69) is 0 Å². The van der Waals surface area contributed by atoms with Gasteiger partial charge < -0.3 is 10.8 Å². The second kappa shape index (κ2) is 5.14. The maximum Gasteiger partial charge on any atom is 0.166 e. The van der Waals surface area contributed by atoms with Crippen LogP contribution in [0.2, 0.25) is 0 Å². The molecule has 0 aromatic heterocycles. The fraction of sp³-hybridized carbons (Fsp3) is 0.400. The van der Waals surface area contributed by atoms with Crippen LogP contribution < -0.4 is 5.73 Å². The first-order valence-electron chi connectivity index (χ1n) is 4.57. The zero-order chi connectivity index (χ0) is 11.4. The van der Waals surface area contributed by atoms with Gasteiger partial charge in [0.15, 0.2) is 11.6 Å². The molecule has 1 rings (SSSR count). The van der Waals surface area contributed by atoms with Crippen LogP contribution in [0.15, 0.2) is 12.1 Å². The minimum Gasteiger partial charge on any atom is -0.396 e. The summed E-state index contributed by atoms with van der Waals surface area (Å²) < 4.78 is 39.1. The molecule has 84 valence electrons. The van der Waals surface area contributed by atoms with Gasteiger partial charge >= 0.3 is 0 Å². The maximum absolute atomic E-state index is 13.2. The second-order valence-electron chi connectivity index (χ2n) is 3.23. The number of rotatable bonds is 4. The van der Waals surface area contributed by atoms with E-state index in [9.17, 15) is 13.2 Å². The highest BCUT2D eigenvalue weighted by Gasteiger charge is 2.19. The van der Waals surface area contributed by atoms with E-state index in [-0.39, 0.29) is 13.0 Å². The minimum atomic E-state index is -1.25. The van der Waals surface area contributed by atoms with Crippen molar-refractivity contribution in [2.24, 2.45) is 5.73 Å². The Hall–Kier alpha value is -1.07. The molecule has 0 fully saturated rings. The molecule has 0 radical (unpaired) electrons. The van der Waals surface area contributed by atoms with Crippen molar-refractivity contribution in [1.29, 1.82) is 0 Å². The van der Waals surface area contributed by atoms with E-state index in [0.29, 0.717) is 12.5 Å². The summed E-state index contributed by atoms with van der Waals surface area (Å²) in [5.41, 5.74) is 5.04. The van der Waals surface area contributed by atoms with Gasteiger partial charge in [-0.15, -0.1) is 0 Å². The average molecular weight is 219 g/mol. The lowest BCUT2D eigenvalue weighted by atomic mass is 10.0. The van der Waals surface area contributed by atoms with Crippen molar-refractivity contribution >= 4 is 0 Å². The van der Waals surface area contributed by atoms with Gasteiger partial charge in [0.1, 0.15) is 5.82 Å². The molecule has 0 aliphatic rings. The standard InChI is InChI=1S/C10H12F3NO/c11-6-3-4-7(12)10(13)9(6)8(14)2-1-5-15/h3-4,8,15H,1-2,5,14H2/t8-/m1/s1. The van der Waals surface area contributed by atoms with E-state index in [1.54, 1.807) is 0 Å².